The molecule has 0 amide bonds. The van der Waals surface area contributed by atoms with Crippen LogP contribution in [0.25, 0.3) is 0 Å². The van der Waals surface area contributed by atoms with Crippen LogP contribution in [0.15, 0.2) is 0 Å². The van der Waals surface area contributed by atoms with Crippen molar-refractivity contribution in [2.24, 2.45) is 0 Å². The topological polar surface area (TPSA) is 0 Å². The molecular formula is CeCl6Ho. The van der Waals surface area contributed by atoms with E-state index in [1.807, 2.05) is 0 Å². The maximum absolute atomic E-state index is 0. The Morgan fingerprint density at radius 1 is 0.375 bits per heavy atom. The summed E-state index contributed by atoms with van der Waals surface area (Å²) in [5.74, 6) is 0. The minimum absolute atomic E-state index is 0. The van der Waals surface area contributed by atoms with Crippen molar-refractivity contribution in [1.29, 1.82) is 0 Å². The van der Waals surface area contributed by atoms with Crippen molar-refractivity contribution >= 4 is 0 Å². The fraction of sp³-hybridized carbons (Fsp3) is 0. The Bertz CT molecular complexity index is 8.49. The van der Waals surface area contributed by atoms with E-state index in [0.717, 1.165) is 0 Å². The predicted molar refractivity (Wildman–Crippen MR) is 0 cm³/mol. The second-order valence-electron chi connectivity index (χ2n) is 0. The zero-order chi connectivity index (χ0) is 0. The van der Waals surface area contributed by atoms with Gasteiger partial charge in [-0.3, -0.25) is 0 Å². The van der Waals surface area contributed by atoms with Gasteiger partial charge in [0.2, 0.25) is 0 Å². The Hall–Kier alpha value is 4.38. The van der Waals surface area contributed by atoms with Gasteiger partial charge in [-0.1, -0.05) is 0 Å². The maximum atomic E-state index is 0. The normalized spacial score (nSPS) is 0. The maximum Gasteiger partial charge on any atom is 3.00 e. The summed E-state index contributed by atoms with van der Waals surface area (Å²) in [6.45, 7) is 0. The van der Waals surface area contributed by atoms with Crippen molar-refractivity contribution in [2.75, 3.05) is 0 Å². The minimum Gasteiger partial charge on any atom is -1.00 e. The summed E-state index contributed by atoms with van der Waals surface area (Å²) in [5, 5.41) is 0. The van der Waals surface area contributed by atoms with Gasteiger partial charge in [-0.25, -0.2) is 0 Å². The number of halogens is 6. The van der Waals surface area contributed by atoms with E-state index in [1.165, 1.54) is 0 Å². The summed E-state index contributed by atoms with van der Waals surface area (Å²) in [6.07, 6.45) is 0. The molecule has 0 aromatic heterocycles. The Morgan fingerprint density at radius 3 is 0.375 bits per heavy atom. The standard InChI is InChI=1S/Ce.6ClH.Ho/h;6*1H;/q+3;;;;;;;+3/p-6. The van der Waals surface area contributed by atoms with Gasteiger partial charge in [0.15, 0.2) is 0 Å². The fourth-order valence-corrected chi connectivity index (χ4v) is 0. The largest absolute Gasteiger partial charge is 3.00 e. The van der Waals surface area contributed by atoms with Crippen LogP contribution in [0.4, 0.5) is 0 Å². The van der Waals surface area contributed by atoms with Crippen LogP contribution in [0.5, 0.6) is 0 Å². The van der Waals surface area contributed by atoms with Gasteiger partial charge in [-0.05, 0) is 0 Å². The van der Waals surface area contributed by atoms with Crippen molar-refractivity contribution in [2.45, 2.75) is 0 Å². The van der Waals surface area contributed by atoms with Gasteiger partial charge < -0.3 is 74.4 Å². The molecular weight excluding hydrogens is 518 g/mol. The summed E-state index contributed by atoms with van der Waals surface area (Å²) in [7, 11) is 0. The van der Waals surface area contributed by atoms with Crippen molar-refractivity contribution in [3.63, 3.8) is 0 Å². The van der Waals surface area contributed by atoms with E-state index in [9.17, 15) is 0 Å². The van der Waals surface area contributed by atoms with Crippen molar-refractivity contribution in [3.05, 3.63) is 0 Å². The van der Waals surface area contributed by atoms with Crippen molar-refractivity contribution < 1.29 is 154 Å². The van der Waals surface area contributed by atoms with Crippen LogP contribution in [0.1, 0.15) is 0 Å². The molecule has 0 spiro atoms. The van der Waals surface area contributed by atoms with Crippen LogP contribution in [-0.4, -0.2) is 0 Å². The number of rotatable bonds is 0. The molecule has 0 aromatic rings. The number of hydrogen-bond donors (Lipinski definition) is 0. The third-order valence-corrected chi connectivity index (χ3v) is 0. The molecule has 0 atom stereocenters. The molecule has 1 radical (unpaired) electrons. The number of hydrogen-bond acceptors (Lipinski definition) is 0. The summed E-state index contributed by atoms with van der Waals surface area (Å²) in [5.41, 5.74) is 0. The van der Waals surface area contributed by atoms with E-state index in [1.54, 1.807) is 0 Å². The van der Waals surface area contributed by atoms with E-state index in [-0.39, 0.29) is 154 Å². The van der Waals surface area contributed by atoms with Gasteiger partial charge in [0.1, 0.15) is 0 Å². The molecule has 8 heteroatoms. The monoisotopic (exact) mass is 515 g/mol. The molecule has 0 aromatic carbocycles. The Labute approximate surface area is 150 Å². The van der Waals surface area contributed by atoms with E-state index in [0.29, 0.717) is 0 Å². The van der Waals surface area contributed by atoms with Gasteiger partial charge in [0, 0.05) is 0 Å². The smallest absolute Gasteiger partial charge is 1.00 e. The first-order valence-electron chi connectivity index (χ1n) is 0. The zero-order valence-corrected chi connectivity index (χ0v) is 12.7. The summed E-state index contributed by atoms with van der Waals surface area (Å²) in [6, 6.07) is 0. The Balaban J connectivity index is 0. The van der Waals surface area contributed by atoms with Gasteiger partial charge in [0.05, 0.1) is 0 Å². The minimum atomic E-state index is 0. The quantitative estimate of drug-likeness (QED) is 0.280. The molecule has 0 aliphatic rings. The first kappa shape index (κ1) is 83.6. The molecule has 0 aliphatic carbocycles. The van der Waals surface area contributed by atoms with E-state index in [2.05, 4.69) is 0 Å². The van der Waals surface area contributed by atoms with E-state index >= 15 is 0 Å². The summed E-state index contributed by atoms with van der Waals surface area (Å²) in [4.78, 5) is 0. The molecule has 0 nitrogen and oxygen atoms in total. The second kappa shape index (κ2) is 64.0. The van der Waals surface area contributed by atoms with Crippen LogP contribution >= 0.6 is 0 Å². The molecule has 0 saturated heterocycles. The van der Waals surface area contributed by atoms with Crippen LogP contribution in [0.3, 0.4) is 0 Å². The van der Waals surface area contributed by atoms with Crippen molar-refractivity contribution in [3.8, 4) is 0 Å². The molecule has 57 valence electrons. The molecule has 0 heterocycles. The second-order valence-corrected chi connectivity index (χ2v) is 0. The molecule has 0 bridgehead atoms. The summed E-state index contributed by atoms with van der Waals surface area (Å²) < 4.78 is 0. The van der Waals surface area contributed by atoms with Gasteiger partial charge >= 0.3 is 79.5 Å². The Kier molecular flexibility index (Phi) is 669. The fourth-order valence-electron chi connectivity index (χ4n) is 0. The average molecular weight is 518 g/mol. The SMILES string of the molecule is [Ce+3].[Cl-].[Cl-].[Cl-].[Cl-].[Cl-].[Cl-].[Ho+3]. The van der Waals surface area contributed by atoms with E-state index in [4.69, 9.17) is 0 Å². The molecule has 8 heavy (non-hydrogen) atoms. The Morgan fingerprint density at radius 2 is 0.375 bits per heavy atom. The van der Waals surface area contributed by atoms with Crippen LogP contribution in [-0.2, 0) is 0 Å². The first-order chi connectivity index (χ1) is 0. The third-order valence-electron chi connectivity index (χ3n) is 0. The van der Waals surface area contributed by atoms with Gasteiger partial charge in [-0.2, -0.15) is 0 Å². The van der Waals surface area contributed by atoms with Gasteiger partial charge in [-0.15, -0.1) is 0 Å². The van der Waals surface area contributed by atoms with Gasteiger partial charge in [0.25, 0.3) is 0 Å². The zero-order valence-electron chi connectivity index (χ0n) is 3.07. The molecule has 0 saturated carbocycles. The predicted octanol–water partition coefficient (Wildman–Crippen LogP) is -18.0. The molecule has 0 N–H and O–H groups in total. The van der Waals surface area contributed by atoms with E-state index < -0.39 is 0 Å². The molecule has 0 rings (SSSR count). The summed E-state index contributed by atoms with van der Waals surface area (Å²) >= 11 is 0. The van der Waals surface area contributed by atoms with Crippen molar-refractivity contribution in [1.82, 2.24) is 0 Å². The van der Waals surface area contributed by atoms with Crippen LogP contribution in [0, 0.1) is 79.5 Å². The average Bonchev–Trinajstić information content (AvgIpc) is 0. The molecule has 0 aliphatic heterocycles. The first-order valence-corrected chi connectivity index (χ1v) is 0. The third kappa shape index (κ3) is 47.6. The van der Waals surface area contributed by atoms with Crippen LogP contribution in [0.2, 0.25) is 0 Å². The molecule has 0 unspecified atom stereocenters. The molecule has 0 fully saturated rings. The van der Waals surface area contributed by atoms with Crippen LogP contribution < -0.4 is 74.4 Å².